The minimum atomic E-state index is -1.36. The molecule has 0 saturated carbocycles. The van der Waals surface area contributed by atoms with E-state index in [0.717, 1.165) is 5.56 Å². The number of nitrogen functional groups attached to an aromatic ring is 1. The smallest absolute Gasteiger partial charge is 0.280 e. The van der Waals surface area contributed by atoms with Gasteiger partial charge in [-0.1, -0.05) is 29.8 Å². The summed E-state index contributed by atoms with van der Waals surface area (Å²) in [6.07, 6.45) is -4.74. The molecule has 1 aliphatic rings. The Bertz CT molecular complexity index is 1040. The highest BCUT2D eigenvalue weighted by molar-refractivity contribution is 5.77. The van der Waals surface area contributed by atoms with Crippen molar-refractivity contribution in [3.8, 4) is 11.4 Å². The second-order valence-corrected chi connectivity index (χ2v) is 6.52. The fourth-order valence-corrected chi connectivity index (χ4v) is 3.24. The third-order valence-corrected chi connectivity index (χ3v) is 4.65. The highest BCUT2D eigenvalue weighted by atomic mass is 16.6. The van der Waals surface area contributed by atoms with Crippen molar-refractivity contribution in [1.29, 1.82) is 0 Å². The molecule has 0 radical (unpaired) electrons. The number of anilines is 1. The number of nitrogens with one attached hydrogen (secondary N) is 1. The number of benzene rings is 1. The summed E-state index contributed by atoms with van der Waals surface area (Å²) in [5.74, 6) is 0.208. The van der Waals surface area contributed by atoms with Crippen molar-refractivity contribution in [3.05, 3.63) is 40.2 Å². The van der Waals surface area contributed by atoms with Gasteiger partial charge in [-0.2, -0.15) is 4.98 Å². The molecule has 142 valence electrons. The van der Waals surface area contributed by atoms with Gasteiger partial charge >= 0.3 is 0 Å². The van der Waals surface area contributed by atoms with Gasteiger partial charge in [-0.05, 0) is 6.92 Å². The van der Waals surface area contributed by atoms with Gasteiger partial charge in [-0.25, -0.2) is 4.98 Å². The number of rotatable bonds is 3. The zero-order valence-corrected chi connectivity index (χ0v) is 14.4. The summed E-state index contributed by atoms with van der Waals surface area (Å²) in [5.41, 5.74) is 6.98. The van der Waals surface area contributed by atoms with Crippen molar-refractivity contribution in [2.75, 3.05) is 12.3 Å². The lowest BCUT2D eigenvalue weighted by Gasteiger charge is -2.19. The van der Waals surface area contributed by atoms with Crippen LogP contribution in [-0.2, 0) is 4.74 Å². The first-order valence-electron chi connectivity index (χ1n) is 8.38. The topological polar surface area (TPSA) is 160 Å². The maximum absolute atomic E-state index is 12.3. The zero-order valence-electron chi connectivity index (χ0n) is 14.4. The second kappa shape index (κ2) is 6.43. The van der Waals surface area contributed by atoms with E-state index in [2.05, 4.69) is 15.0 Å². The monoisotopic (exact) mass is 373 g/mol. The van der Waals surface area contributed by atoms with Crippen LogP contribution >= 0.6 is 0 Å². The van der Waals surface area contributed by atoms with Crippen LogP contribution in [0.2, 0.25) is 0 Å². The van der Waals surface area contributed by atoms with Crippen molar-refractivity contribution < 1.29 is 20.1 Å². The number of hydrogen-bond acceptors (Lipinski definition) is 8. The van der Waals surface area contributed by atoms with Crippen molar-refractivity contribution in [2.45, 2.75) is 31.5 Å². The quantitative estimate of drug-likeness (QED) is 0.402. The molecule has 1 saturated heterocycles. The zero-order chi connectivity index (χ0) is 19.3. The SMILES string of the molecule is Cc1ccc(-c2nc3c(=O)[nH]c(N)nc3n2[C@@H]2O[C@H](CO)[C@@H](O)[C@H]2O)cc1. The molecule has 6 N–H and O–H groups in total. The lowest BCUT2D eigenvalue weighted by atomic mass is 10.1. The van der Waals surface area contributed by atoms with Gasteiger partial charge in [0.15, 0.2) is 17.4 Å². The van der Waals surface area contributed by atoms with E-state index < -0.39 is 36.7 Å². The maximum atomic E-state index is 12.3. The summed E-state index contributed by atoms with van der Waals surface area (Å²) >= 11 is 0. The molecule has 1 fully saturated rings. The molecular weight excluding hydrogens is 354 g/mol. The number of aliphatic hydroxyl groups is 3. The maximum Gasteiger partial charge on any atom is 0.280 e. The minimum Gasteiger partial charge on any atom is -0.394 e. The van der Waals surface area contributed by atoms with Crippen molar-refractivity contribution in [1.82, 2.24) is 19.5 Å². The van der Waals surface area contributed by atoms with E-state index in [9.17, 15) is 20.1 Å². The van der Waals surface area contributed by atoms with E-state index in [-0.39, 0.29) is 17.1 Å². The average Bonchev–Trinajstić information content (AvgIpc) is 3.14. The molecule has 0 unspecified atom stereocenters. The molecule has 4 rings (SSSR count). The van der Waals surface area contributed by atoms with Crippen LogP contribution in [0.3, 0.4) is 0 Å². The van der Waals surface area contributed by atoms with Gasteiger partial charge in [0.25, 0.3) is 5.56 Å². The Morgan fingerprint density at radius 3 is 2.56 bits per heavy atom. The van der Waals surface area contributed by atoms with Gasteiger partial charge in [0.2, 0.25) is 5.95 Å². The van der Waals surface area contributed by atoms with E-state index in [1.54, 1.807) is 0 Å². The Balaban J connectivity index is 1.98. The molecular formula is C17H19N5O5. The average molecular weight is 373 g/mol. The number of ether oxygens (including phenoxy) is 1. The lowest BCUT2D eigenvalue weighted by Crippen LogP contribution is -2.33. The normalized spacial score (nSPS) is 25.3. The summed E-state index contributed by atoms with van der Waals surface area (Å²) in [5, 5.41) is 30.0. The number of H-pyrrole nitrogens is 1. The third-order valence-electron chi connectivity index (χ3n) is 4.65. The molecule has 0 amide bonds. The second-order valence-electron chi connectivity index (χ2n) is 6.52. The summed E-state index contributed by atoms with van der Waals surface area (Å²) in [7, 11) is 0. The number of fused-ring (bicyclic) bond motifs is 1. The minimum absolute atomic E-state index is 0.0255. The van der Waals surface area contributed by atoms with Crippen LogP contribution in [0, 0.1) is 6.92 Å². The Morgan fingerprint density at radius 1 is 1.22 bits per heavy atom. The number of aromatic nitrogens is 4. The van der Waals surface area contributed by atoms with Crippen LogP contribution in [0.15, 0.2) is 29.1 Å². The van der Waals surface area contributed by atoms with Gasteiger partial charge in [-0.3, -0.25) is 14.3 Å². The van der Waals surface area contributed by atoms with Gasteiger partial charge in [0.1, 0.15) is 24.1 Å². The Labute approximate surface area is 152 Å². The first-order chi connectivity index (χ1) is 12.9. The van der Waals surface area contributed by atoms with Crippen LogP contribution in [0.25, 0.3) is 22.6 Å². The van der Waals surface area contributed by atoms with Crippen LogP contribution in [-0.4, -0.2) is 59.8 Å². The molecule has 0 bridgehead atoms. The highest BCUT2D eigenvalue weighted by Crippen LogP contribution is 2.35. The van der Waals surface area contributed by atoms with Crippen molar-refractivity contribution in [2.24, 2.45) is 0 Å². The number of aryl methyl sites for hydroxylation is 1. The van der Waals surface area contributed by atoms with Crippen molar-refractivity contribution in [3.63, 3.8) is 0 Å². The molecule has 0 aliphatic carbocycles. The summed E-state index contributed by atoms with van der Waals surface area (Å²) in [6.45, 7) is 1.46. The van der Waals surface area contributed by atoms with E-state index >= 15 is 0 Å². The standard InChI is InChI=1S/C17H19N5O5/c1-7-2-4-8(5-3-7)13-19-10-14(20-17(18)21-15(10)26)22(13)16-12(25)11(24)9(6-23)27-16/h2-5,9,11-12,16,23-25H,6H2,1H3,(H3,18,20,21,26)/t9-,11-,12-,16-/m1/s1. The van der Waals surface area contributed by atoms with Crippen LogP contribution in [0.5, 0.6) is 0 Å². The number of hydrogen-bond donors (Lipinski definition) is 5. The number of aromatic amines is 1. The first kappa shape index (κ1) is 17.6. The first-order valence-corrected chi connectivity index (χ1v) is 8.38. The van der Waals surface area contributed by atoms with Crippen LogP contribution < -0.4 is 11.3 Å². The molecule has 3 heterocycles. The number of aliphatic hydroxyl groups excluding tert-OH is 3. The number of imidazole rings is 1. The van der Waals surface area contributed by atoms with Crippen LogP contribution in [0.4, 0.5) is 5.95 Å². The molecule has 27 heavy (non-hydrogen) atoms. The van der Waals surface area contributed by atoms with Gasteiger partial charge < -0.3 is 25.8 Å². The summed E-state index contributed by atoms with van der Waals surface area (Å²) in [4.78, 5) is 23.2. The molecule has 1 aliphatic heterocycles. The molecule has 2 aromatic heterocycles. The largest absolute Gasteiger partial charge is 0.394 e. The number of nitrogens with two attached hydrogens (primary N) is 1. The van der Waals surface area contributed by atoms with E-state index in [1.807, 2.05) is 31.2 Å². The van der Waals surface area contributed by atoms with Gasteiger partial charge in [0.05, 0.1) is 6.61 Å². The lowest BCUT2D eigenvalue weighted by molar-refractivity contribution is -0.0503. The molecule has 10 nitrogen and oxygen atoms in total. The molecule has 0 spiro atoms. The van der Waals surface area contributed by atoms with E-state index in [0.29, 0.717) is 11.4 Å². The van der Waals surface area contributed by atoms with Gasteiger partial charge in [0, 0.05) is 5.56 Å². The molecule has 1 aromatic carbocycles. The fraction of sp³-hybridized carbons (Fsp3) is 0.353. The third kappa shape index (κ3) is 2.79. The Kier molecular flexibility index (Phi) is 4.19. The summed E-state index contributed by atoms with van der Waals surface area (Å²) in [6, 6.07) is 7.38. The molecule has 3 aromatic rings. The van der Waals surface area contributed by atoms with Crippen LogP contribution in [0.1, 0.15) is 11.8 Å². The van der Waals surface area contributed by atoms with E-state index in [1.165, 1.54) is 4.57 Å². The van der Waals surface area contributed by atoms with Crippen molar-refractivity contribution >= 4 is 17.1 Å². The van der Waals surface area contributed by atoms with E-state index in [4.69, 9.17) is 10.5 Å². The Hall–Kier alpha value is -2.79. The molecule has 4 atom stereocenters. The number of nitrogens with zero attached hydrogens (tertiary/aromatic N) is 3. The predicted molar refractivity (Wildman–Crippen MR) is 95.7 cm³/mol. The Morgan fingerprint density at radius 2 is 1.93 bits per heavy atom. The highest BCUT2D eigenvalue weighted by Gasteiger charge is 2.45. The summed E-state index contributed by atoms with van der Waals surface area (Å²) < 4.78 is 7.06. The molecule has 10 heteroatoms. The predicted octanol–water partition coefficient (Wildman–Crippen LogP) is -0.711. The fourth-order valence-electron chi connectivity index (χ4n) is 3.24. The van der Waals surface area contributed by atoms with Gasteiger partial charge in [-0.15, -0.1) is 0 Å².